The molecule has 0 amide bonds. The zero-order valence-corrected chi connectivity index (χ0v) is 11.9. The van der Waals surface area contributed by atoms with E-state index in [0.717, 1.165) is 0 Å². The second kappa shape index (κ2) is 6.17. The van der Waals surface area contributed by atoms with Crippen LogP contribution in [0.5, 0.6) is 0 Å². The SMILES string of the molecule is CCOC(=O)c1cc(Br)c(C(=O)CC)cc1Cl. The molecule has 0 saturated heterocycles. The molecule has 92 valence electrons. The van der Waals surface area contributed by atoms with E-state index in [1.807, 2.05) is 0 Å². The van der Waals surface area contributed by atoms with Gasteiger partial charge < -0.3 is 4.74 Å². The molecule has 17 heavy (non-hydrogen) atoms. The Morgan fingerprint density at radius 2 is 1.94 bits per heavy atom. The maximum absolute atomic E-state index is 11.6. The molecular formula is C12H12BrClO3. The van der Waals surface area contributed by atoms with Crippen LogP contribution >= 0.6 is 27.5 Å². The first kappa shape index (κ1) is 14.2. The van der Waals surface area contributed by atoms with Crippen molar-refractivity contribution in [2.75, 3.05) is 6.61 Å². The first-order chi connectivity index (χ1) is 8.01. The van der Waals surface area contributed by atoms with E-state index >= 15 is 0 Å². The lowest BCUT2D eigenvalue weighted by atomic mass is 10.1. The Labute approximate surface area is 113 Å². The zero-order valence-electron chi connectivity index (χ0n) is 9.55. The van der Waals surface area contributed by atoms with Gasteiger partial charge in [-0.3, -0.25) is 4.79 Å². The Morgan fingerprint density at radius 3 is 2.47 bits per heavy atom. The number of halogens is 2. The van der Waals surface area contributed by atoms with E-state index < -0.39 is 5.97 Å². The van der Waals surface area contributed by atoms with Crippen molar-refractivity contribution in [3.8, 4) is 0 Å². The first-order valence-corrected chi connectivity index (χ1v) is 6.37. The van der Waals surface area contributed by atoms with Crippen molar-refractivity contribution in [2.24, 2.45) is 0 Å². The van der Waals surface area contributed by atoms with Crippen molar-refractivity contribution >= 4 is 39.3 Å². The Bertz CT molecular complexity index is 457. The van der Waals surface area contributed by atoms with E-state index in [9.17, 15) is 9.59 Å². The summed E-state index contributed by atoms with van der Waals surface area (Å²) in [6.45, 7) is 3.76. The highest BCUT2D eigenvalue weighted by molar-refractivity contribution is 9.10. The van der Waals surface area contributed by atoms with E-state index in [0.29, 0.717) is 16.5 Å². The fraction of sp³-hybridized carbons (Fsp3) is 0.333. The van der Waals surface area contributed by atoms with Gasteiger partial charge in [-0.15, -0.1) is 0 Å². The lowest BCUT2D eigenvalue weighted by molar-refractivity contribution is 0.0526. The van der Waals surface area contributed by atoms with Crippen LogP contribution in [-0.2, 0) is 4.74 Å². The van der Waals surface area contributed by atoms with Gasteiger partial charge in [0.2, 0.25) is 0 Å². The number of carbonyl (C=O) groups is 2. The van der Waals surface area contributed by atoms with Gasteiger partial charge in [0.05, 0.1) is 17.2 Å². The van der Waals surface area contributed by atoms with E-state index in [2.05, 4.69) is 15.9 Å². The van der Waals surface area contributed by atoms with Crippen LogP contribution in [0.1, 0.15) is 41.0 Å². The molecule has 3 nitrogen and oxygen atoms in total. The topological polar surface area (TPSA) is 43.4 Å². The molecule has 0 aliphatic heterocycles. The number of hydrogen-bond donors (Lipinski definition) is 0. The summed E-state index contributed by atoms with van der Waals surface area (Å²) in [5.74, 6) is -0.525. The summed E-state index contributed by atoms with van der Waals surface area (Å²) >= 11 is 9.21. The van der Waals surface area contributed by atoms with E-state index in [-0.39, 0.29) is 23.0 Å². The number of rotatable bonds is 4. The Hall–Kier alpha value is -0.870. The molecule has 0 saturated carbocycles. The Morgan fingerprint density at radius 1 is 1.29 bits per heavy atom. The maximum Gasteiger partial charge on any atom is 0.339 e. The highest BCUT2D eigenvalue weighted by Crippen LogP contribution is 2.27. The average Bonchev–Trinajstić information content (AvgIpc) is 2.30. The molecule has 1 rings (SSSR count). The smallest absolute Gasteiger partial charge is 0.339 e. The molecule has 0 bridgehead atoms. The van der Waals surface area contributed by atoms with Gasteiger partial charge in [0.15, 0.2) is 5.78 Å². The van der Waals surface area contributed by atoms with Gasteiger partial charge in [-0.1, -0.05) is 34.5 Å². The minimum atomic E-state index is -0.492. The number of esters is 1. The van der Waals surface area contributed by atoms with Crippen LogP contribution in [-0.4, -0.2) is 18.4 Å². The molecule has 0 atom stereocenters. The third-order valence-electron chi connectivity index (χ3n) is 2.17. The quantitative estimate of drug-likeness (QED) is 0.625. The highest BCUT2D eigenvalue weighted by Gasteiger charge is 2.17. The van der Waals surface area contributed by atoms with E-state index in [1.165, 1.54) is 12.1 Å². The summed E-state index contributed by atoms with van der Waals surface area (Å²) in [6, 6.07) is 3.01. The average molecular weight is 320 g/mol. The fourth-order valence-corrected chi connectivity index (χ4v) is 2.12. The summed E-state index contributed by atoms with van der Waals surface area (Å²) in [5.41, 5.74) is 0.735. The van der Waals surface area contributed by atoms with Gasteiger partial charge in [0.25, 0.3) is 0 Å². The summed E-state index contributed by atoms with van der Waals surface area (Å²) in [5, 5.41) is 0.225. The predicted octanol–water partition coefficient (Wildman–Crippen LogP) is 3.87. The second-order valence-electron chi connectivity index (χ2n) is 3.31. The number of ketones is 1. The molecule has 0 fully saturated rings. The number of Topliss-reactive ketones (excluding diaryl/α,β-unsaturated/α-hetero) is 1. The van der Waals surface area contributed by atoms with Gasteiger partial charge in [-0.25, -0.2) is 4.79 Å². The fourth-order valence-electron chi connectivity index (χ4n) is 1.32. The lowest BCUT2D eigenvalue weighted by Crippen LogP contribution is -2.07. The van der Waals surface area contributed by atoms with Gasteiger partial charge in [-0.2, -0.15) is 0 Å². The van der Waals surface area contributed by atoms with Gasteiger partial charge in [0, 0.05) is 16.5 Å². The first-order valence-electron chi connectivity index (χ1n) is 5.20. The molecule has 0 aliphatic rings. The molecule has 0 N–H and O–H groups in total. The third kappa shape index (κ3) is 3.30. The monoisotopic (exact) mass is 318 g/mol. The van der Waals surface area contributed by atoms with Crippen LogP contribution in [0.25, 0.3) is 0 Å². The van der Waals surface area contributed by atoms with Crippen molar-refractivity contribution in [1.82, 2.24) is 0 Å². The number of ether oxygens (including phenoxy) is 1. The highest BCUT2D eigenvalue weighted by atomic mass is 79.9. The standard InChI is InChI=1S/C12H12BrClO3/c1-3-11(15)7-6-10(14)8(5-9(7)13)12(16)17-4-2/h5-6H,3-4H2,1-2H3. The molecule has 1 aromatic carbocycles. The predicted molar refractivity (Wildman–Crippen MR) is 69.7 cm³/mol. The molecule has 0 heterocycles. The van der Waals surface area contributed by atoms with E-state index in [1.54, 1.807) is 13.8 Å². The molecule has 0 unspecified atom stereocenters. The summed E-state index contributed by atoms with van der Waals surface area (Å²) < 4.78 is 5.41. The summed E-state index contributed by atoms with van der Waals surface area (Å²) in [4.78, 5) is 23.1. The molecule has 1 aromatic rings. The second-order valence-corrected chi connectivity index (χ2v) is 4.57. The van der Waals surface area contributed by atoms with Crippen molar-refractivity contribution in [2.45, 2.75) is 20.3 Å². The van der Waals surface area contributed by atoms with Crippen molar-refractivity contribution in [1.29, 1.82) is 0 Å². The van der Waals surface area contributed by atoms with Crippen LogP contribution in [0.2, 0.25) is 5.02 Å². The zero-order chi connectivity index (χ0) is 13.0. The van der Waals surface area contributed by atoms with Gasteiger partial charge in [0.1, 0.15) is 0 Å². The molecule has 0 radical (unpaired) electrons. The van der Waals surface area contributed by atoms with Crippen LogP contribution in [0.15, 0.2) is 16.6 Å². The summed E-state index contributed by atoms with van der Waals surface area (Å²) in [6.07, 6.45) is 0.383. The van der Waals surface area contributed by atoms with Crippen LogP contribution < -0.4 is 0 Å². The molecule has 0 aromatic heterocycles. The molecule has 0 spiro atoms. The van der Waals surface area contributed by atoms with Crippen molar-refractivity contribution in [3.63, 3.8) is 0 Å². The lowest BCUT2D eigenvalue weighted by Gasteiger charge is -2.08. The van der Waals surface area contributed by atoms with Crippen LogP contribution in [0.4, 0.5) is 0 Å². The Kier molecular flexibility index (Phi) is 5.15. The van der Waals surface area contributed by atoms with Crippen molar-refractivity contribution in [3.05, 3.63) is 32.8 Å². The number of carbonyl (C=O) groups excluding carboxylic acids is 2. The van der Waals surface area contributed by atoms with Crippen LogP contribution in [0.3, 0.4) is 0 Å². The normalized spacial score (nSPS) is 10.1. The minimum absolute atomic E-state index is 0.0332. The number of benzene rings is 1. The summed E-state index contributed by atoms with van der Waals surface area (Å²) in [7, 11) is 0. The molecule has 0 aliphatic carbocycles. The van der Waals surface area contributed by atoms with E-state index in [4.69, 9.17) is 16.3 Å². The van der Waals surface area contributed by atoms with Crippen LogP contribution in [0, 0.1) is 0 Å². The molecular weight excluding hydrogens is 307 g/mol. The Balaban J connectivity index is 3.18. The third-order valence-corrected chi connectivity index (χ3v) is 3.14. The van der Waals surface area contributed by atoms with Gasteiger partial charge in [-0.05, 0) is 19.1 Å². The molecule has 5 heteroatoms. The maximum atomic E-state index is 11.6. The number of hydrogen-bond acceptors (Lipinski definition) is 3. The largest absolute Gasteiger partial charge is 0.462 e. The minimum Gasteiger partial charge on any atom is -0.462 e. The van der Waals surface area contributed by atoms with Gasteiger partial charge >= 0.3 is 5.97 Å². The van der Waals surface area contributed by atoms with Crippen molar-refractivity contribution < 1.29 is 14.3 Å².